The molecule has 0 bridgehead atoms. The number of aliphatic carboxylic acids is 1. The molecule has 202 valence electrons. The van der Waals surface area contributed by atoms with Gasteiger partial charge in [0.05, 0.1) is 6.20 Å². The van der Waals surface area contributed by atoms with Crippen molar-refractivity contribution in [3.05, 3.63) is 24.3 Å². The molecule has 10 heteroatoms. The normalized spacial score (nSPS) is 26.5. The zero-order chi connectivity index (χ0) is 27.1. The Morgan fingerprint density at radius 3 is 2.32 bits per heavy atom. The highest BCUT2D eigenvalue weighted by Gasteiger charge is 2.70. The number of rotatable bonds is 7. The topological polar surface area (TPSA) is 142 Å². The van der Waals surface area contributed by atoms with Crippen molar-refractivity contribution in [3.8, 4) is 0 Å². The van der Waals surface area contributed by atoms with E-state index in [1.54, 1.807) is 0 Å². The first-order valence-electron chi connectivity index (χ1n) is 13.2. The number of piperidine rings is 1. The van der Waals surface area contributed by atoms with Crippen molar-refractivity contribution >= 4 is 23.7 Å². The van der Waals surface area contributed by atoms with Crippen LogP contribution >= 0.6 is 0 Å². The van der Waals surface area contributed by atoms with Gasteiger partial charge in [-0.1, -0.05) is 53.9 Å². The van der Waals surface area contributed by atoms with E-state index in [9.17, 15) is 24.3 Å². The van der Waals surface area contributed by atoms with Gasteiger partial charge in [-0.15, -0.1) is 0 Å². The average Bonchev–Trinajstić information content (AvgIpc) is 3.18. The standard InChI is InChI=1S/C27H39N5O5/c1-26(2,3)21(24(35)32-14-16-18(27(16,4)5)20(32)25(36)37)31-23(34)19(15-9-7-6-8-10-15)30-22(33)17-13-28-11-12-29-17/h11-13,15-16,18-21H,6-10,14H2,1-5H3,(H,30,33)(H,31,34)(H,36,37)/t16?,18?,19-,20-,21+/m0/s1. The Morgan fingerprint density at radius 2 is 1.76 bits per heavy atom. The van der Waals surface area contributed by atoms with Crippen molar-refractivity contribution in [1.82, 2.24) is 25.5 Å². The second-order valence-electron chi connectivity index (χ2n) is 12.5. The maximum absolute atomic E-state index is 13.8. The molecule has 1 aliphatic heterocycles. The molecule has 1 aromatic rings. The summed E-state index contributed by atoms with van der Waals surface area (Å²) in [6.07, 6.45) is 8.81. The molecule has 3 amide bonds. The highest BCUT2D eigenvalue weighted by Crippen LogP contribution is 2.65. The summed E-state index contributed by atoms with van der Waals surface area (Å²) in [6.45, 7) is 9.99. The zero-order valence-corrected chi connectivity index (χ0v) is 22.4. The van der Waals surface area contributed by atoms with Gasteiger partial charge in [0.2, 0.25) is 11.8 Å². The molecule has 2 aliphatic carbocycles. The second-order valence-corrected chi connectivity index (χ2v) is 12.5. The molecule has 10 nitrogen and oxygen atoms in total. The van der Waals surface area contributed by atoms with Gasteiger partial charge in [-0.05, 0) is 35.5 Å². The Labute approximate surface area is 218 Å². The van der Waals surface area contributed by atoms with Crippen LogP contribution in [-0.2, 0) is 14.4 Å². The third kappa shape index (κ3) is 5.33. The molecule has 3 aliphatic rings. The van der Waals surface area contributed by atoms with E-state index in [1.807, 2.05) is 34.6 Å². The van der Waals surface area contributed by atoms with Crippen LogP contribution in [0.5, 0.6) is 0 Å². The molecular weight excluding hydrogens is 474 g/mol. The second kappa shape index (κ2) is 10.0. The first-order valence-corrected chi connectivity index (χ1v) is 13.2. The molecule has 3 N–H and O–H groups in total. The van der Waals surface area contributed by atoms with E-state index >= 15 is 0 Å². The Hall–Kier alpha value is -3.04. The van der Waals surface area contributed by atoms with Gasteiger partial charge in [0.15, 0.2) is 0 Å². The number of hydrogen-bond acceptors (Lipinski definition) is 6. The predicted octanol–water partition coefficient (Wildman–Crippen LogP) is 2.25. The number of amides is 3. The van der Waals surface area contributed by atoms with Crippen molar-refractivity contribution in [3.63, 3.8) is 0 Å². The lowest BCUT2D eigenvalue weighted by atomic mass is 9.82. The molecule has 37 heavy (non-hydrogen) atoms. The average molecular weight is 514 g/mol. The van der Waals surface area contributed by atoms with Crippen LogP contribution in [0.15, 0.2) is 18.6 Å². The maximum atomic E-state index is 13.8. The predicted molar refractivity (Wildman–Crippen MR) is 135 cm³/mol. The number of carbonyl (C=O) groups is 4. The summed E-state index contributed by atoms with van der Waals surface area (Å²) in [5.41, 5.74) is -0.677. The lowest BCUT2D eigenvalue weighted by Gasteiger charge is -2.38. The van der Waals surface area contributed by atoms with Gasteiger partial charge < -0.3 is 20.6 Å². The summed E-state index contributed by atoms with van der Waals surface area (Å²) in [6, 6.07) is -2.68. The zero-order valence-electron chi connectivity index (χ0n) is 22.4. The van der Waals surface area contributed by atoms with Crippen molar-refractivity contribution in [2.24, 2.45) is 28.6 Å². The SMILES string of the molecule is CC1(C)C2CN(C(=O)[C@@H](NC(=O)[C@@H](NC(=O)c3cnccn3)C3CCCCC3)C(C)(C)C)[C@H](C(=O)O)C21. The number of nitrogens with one attached hydrogen (secondary N) is 2. The van der Waals surface area contributed by atoms with Crippen LogP contribution in [0, 0.1) is 28.6 Å². The number of carbonyl (C=O) groups excluding carboxylic acids is 3. The van der Waals surface area contributed by atoms with Crippen molar-refractivity contribution in [2.45, 2.75) is 84.8 Å². The molecular formula is C27H39N5O5. The number of nitrogens with zero attached hydrogens (tertiary/aromatic N) is 3. The van der Waals surface area contributed by atoms with Crippen LogP contribution in [0.4, 0.5) is 0 Å². The fourth-order valence-corrected chi connectivity index (χ4v) is 6.34. The molecule has 3 fully saturated rings. The summed E-state index contributed by atoms with van der Waals surface area (Å²) >= 11 is 0. The molecule has 1 aromatic heterocycles. The highest BCUT2D eigenvalue weighted by molar-refractivity contribution is 5.98. The van der Waals surface area contributed by atoms with Crippen LogP contribution in [0.1, 0.15) is 77.2 Å². The van der Waals surface area contributed by atoms with Crippen LogP contribution < -0.4 is 10.6 Å². The van der Waals surface area contributed by atoms with Crippen LogP contribution in [0.25, 0.3) is 0 Å². The highest BCUT2D eigenvalue weighted by atomic mass is 16.4. The third-order valence-corrected chi connectivity index (χ3v) is 8.63. The number of likely N-dealkylation sites (tertiary alicyclic amines) is 1. The van der Waals surface area contributed by atoms with Gasteiger partial charge in [0, 0.05) is 24.9 Å². The Kier molecular flexibility index (Phi) is 7.32. The minimum Gasteiger partial charge on any atom is -0.480 e. The monoisotopic (exact) mass is 513 g/mol. The summed E-state index contributed by atoms with van der Waals surface area (Å²) in [7, 11) is 0. The van der Waals surface area contributed by atoms with E-state index in [-0.39, 0.29) is 34.8 Å². The summed E-state index contributed by atoms with van der Waals surface area (Å²) < 4.78 is 0. The molecule has 0 spiro atoms. The Balaban J connectivity index is 1.55. The van der Waals surface area contributed by atoms with Crippen molar-refractivity contribution < 1.29 is 24.3 Å². The quantitative estimate of drug-likeness (QED) is 0.508. The van der Waals surface area contributed by atoms with Crippen molar-refractivity contribution in [2.75, 3.05) is 6.54 Å². The summed E-state index contributed by atoms with van der Waals surface area (Å²) in [4.78, 5) is 62.0. The number of fused-ring (bicyclic) bond motifs is 1. The first-order chi connectivity index (χ1) is 17.3. The van der Waals surface area contributed by atoms with Crippen LogP contribution in [0.3, 0.4) is 0 Å². The summed E-state index contributed by atoms with van der Waals surface area (Å²) in [5.74, 6) is -2.36. The van der Waals surface area contributed by atoms with Crippen LogP contribution in [-0.4, -0.2) is 68.3 Å². The molecule has 5 atom stereocenters. The number of carboxylic acid groups (broad SMARTS) is 1. The maximum Gasteiger partial charge on any atom is 0.326 e. The van der Waals surface area contributed by atoms with Gasteiger partial charge in [-0.3, -0.25) is 19.4 Å². The van der Waals surface area contributed by atoms with E-state index < -0.39 is 41.3 Å². The lowest BCUT2D eigenvalue weighted by molar-refractivity contribution is -0.153. The number of carboxylic acids is 1. The molecule has 1 saturated heterocycles. The first kappa shape index (κ1) is 27.0. The van der Waals surface area contributed by atoms with Crippen molar-refractivity contribution in [1.29, 1.82) is 0 Å². The van der Waals surface area contributed by atoms with E-state index in [0.29, 0.717) is 6.54 Å². The molecule has 2 heterocycles. The minimum atomic E-state index is -1.01. The number of aromatic nitrogens is 2. The smallest absolute Gasteiger partial charge is 0.326 e. The Bertz CT molecular complexity index is 1050. The van der Waals surface area contributed by atoms with Gasteiger partial charge in [-0.2, -0.15) is 0 Å². The number of hydrogen-bond donors (Lipinski definition) is 3. The van der Waals surface area contributed by atoms with E-state index in [4.69, 9.17) is 0 Å². The Morgan fingerprint density at radius 1 is 1.08 bits per heavy atom. The van der Waals surface area contributed by atoms with Gasteiger partial charge in [0.25, 0.3) is 5.91 Å². The van der Waals surface area contributed by atoms with Crippen LogP contribution in [0.2, 0.25) is 0 Å². The molecule has 2 saturated carbocycles. The summed E-state index contributed by atoms with van der Waals surface area (Å²) in [5, 5.41) is 15.7. The minimum absolute atomic E-state index is 0.0721. The van der Waals surface area contributed by atoms with E-state index in [2.05, 4.69) is 20.6 Å². The van der Waals surface area contributed by atoms with Gasteiger partial charge in [-0.25, -0.2) is 9.78 Å². The molecule has 4 rings (SSSR count). The largest absolute Gasteiger partial charge is 0.480 e. The molecule has 0 radical (unpaired) electrons. The fraction of sp³-hybridized carbons (Fsp3) is 0.704. The van der Waals surface area contributed by atoms with Gasteiger partial charge >= 0.3 is 5.97 Å². The fourth-order valence-electron chi connectivity index (χ4n) is 6.34. The third-order valence-electron chi connectivity index (χ3n) is 8.63. The van der Waals surface area contributed by atoms with E-state index in [0.717, 1.165) is 32.1 Å². The van der Waals surface area contributed by atoms with Gasteiger partial charge in [0.1, 0.15) is 23.8 Å². The molecule has 2 unspecified atom stereocenters. The van der Waals surface area contributed by atoms with E-state index in [1.165, 1.54) is 23.5 Å². The lowest BCUT2D eigenvalue weighted by Crippen LogP contribution is -2.61. The molecule has 0 aromatic carbocycles.